The van der Waals surface area contributed by atoms with Crippen molar-refractivity contribution < 1.29 is 31.1 Å². The summed E-state index contributed by atoms with van der Waals surface area (Å²) in [5.41, 5.74) is 0.570. The van der Waals surface area contributed by atoms with Crippen LogP contribution in [0.2, 0.25) is 0 Å². The molecule has 1 saturated carbocycles. The first-order valence-electron chi connectivity index (χ1n) is 11.1. The molecule has 2 aromatic carbocycles. The molecular formula is C26H19F6NO. The lowest BCUT2D eigenvalue weighted by Crippen LogP contribution is -2.13. The maximum atomic E-state index is 14.8. The van der Waals surface area contributed by atoms with E-state index in [1.165, 1.54) is 36.2 Å². The van der Waals surface area contributed by atoms with Gasteiger partial charge in [-0.25, -0.2) is 18.2 Å². The Balaban J connectivity index is 1.32. The third kappa shape index (κ3) is 3.46. The highest BCUT2D eigenvalue weighted by Crippen LogP contribution is 2.56. The van der Waals surface area contributed by atoms with Crippen LogP contribution in [0.15, 0.2) is 48.7 Å². The van der Waals surface area contributed by atoms with Crippen LogP contribution in [0, 0.1) is 11.7 Å². The summed E-state index contributed by atoms with van der Waals surface area (Å²) in [5.74, 6) is -3.99. The monoisotopic (exact) mass is 475 g/mol. The lowest BCUT2D eigenvalue weighted by atomic mass is 9.88. The normalized spacial score (nSPS) is 23.9. The van der Waals surface area contributed by atoms with Crippen molar-refractivity contribution in [1.29, 1.82) is 0 Å². The molecule has 2 nitrogen and oxygen atoms in total. The molecule has 0 N–H and O–H groups in total. The summed E-state index contributed by atoms with van der Waals surface area (Å²) in [6.45, 7) is -0.267. The number of nitrogens with zero attached hydrogens (tertiary/aromatic N) is 1. The Kier molecular flexibility index (Phi) is 4.57. The fourth-order valence-electron chi connectivity index (χ4n) is 5.53. The average molecular weight is 475 g/mol. The van der Waals surface area contributed by atoms with E-state index in [2.05, 4.69) is 4.98 Å². The summed E-state index contributed by atoms with van der Waals surface area (Å²) in [6.07, 6.45) is -1.64. The lowest BCUT2D eigenvalue weighted by molar-refractivity contribution is -0.138. The lowest BCUT2D eigenvalue weighted by Gasteiger charge is -2.19. The van der Waals surface area contributed by atoms with Crippen LogP contribution in [0.3, 0.4) is 0 Å². The van der Waals surface area contributed by atoms with Crippen molar-refractivity contribution in [3.8, 4) is 5.88 Å². The van der Waals surface area contributed by atoms with Crippen molar-refractivity contribution in [3.63, 3.8) is 0 Å². The summed E-state index contributed by atoms with van der Waals surface area (Å²) >= 11 is 0. The van der Waals surface area contributed by atoms with Gasteiger partial charge in [-0.05, 0) is 65.1 Å². The summed E-state index contributed by atoms with van der Waals surface area (Å²) < 4.78 is 90.6. The van der Waals surface area contributed by atoms with E-state index in [-0.39, 0.29) is 23.3 Å². The van der Waals surface area contributed by atoms with E-state index in [4.69, 9.17) is 4.74 Å². The summed E-state index contributed by atoms with van der Waals surface area (Å²) in [7, 11) is 0. The van der Waals surface area contributed by atoms with Crippen LogP contribution in [0.25, 0.3) is 0 Å². The fourth-order valence-corrected chi connectivity index (χ4v) is 5.53. The molecule has 0 bridgehead atoms. The van der Waals surface area contributed by atoms with Gasteiger partial charge in [0.05, 0.1) is 5.56 Å². The number of hydrogen-bond donors (Lipinski definition) is 0. The molecule has 1 aromatic heterocycles. The minimum absolute atomic E-state index is 0.00362. The van der Waals surface area contributed by atoms with E-state index in [0.29, 0.717) is 17.7 Å². The smallest absolute Gasteiger partial charge is 0.416 e. The average Bonchev–Trinajstić information content (AvgIpc) is 3.38. The summed E-state index contributed by atoms with van der Waals surface area (Å²) in [6, 6.07) is 8.46. The molecule has 3 aromatic rings. The third-order valence-electron chi connectivity index (χ3n) is 7.27. The molecule has 6 rings (SSSR count). The van der Waals surface area contributed by atoms with Crippen LogP contribution < -0.4 is 4.74 Å². The zero-order valence-electron chi connectivity index (χ0n) is 17.8. The number of rotatable bonds is 4. The molecule has 3 aliphatic rings. The zero-order chi connectivity index (χ0) is 23.8. The predicted octanol–water partition coefficient (Wildman–Crippen LogP) is 7.11. The van der Waals surface area contributed by atoms with Crippen LogP contribution in [0.4, 0.5) is 26.3 Å². The number of hydrogen-bond acceptors (Lipinski definition) is 2. The van der Waals surface area contributed by atoms with Gasteiger partial charge in [0.1, 0.15) is 12.4 Å². The van der Waals surface area contributed by atoms with Gasteiger partial charge in [0, 0.05) is 35.7 Å². The molecule has 0 amide bonds. The van der Waals surface area contributed by atoms with Gasteiger partial charge in [-0.3, -0.25) is 0 Å². The highest BCUT2D eigenvalue weighted by molar-refractivity contribution is 5.50. The van der Waals surface area contributed by atoms with Gasteiger partial charge < -0.3 is 4.74 Å². The number of pyridine rings is 1. The Bertz CT molecular complexity index is 1300. The molecule has 3 aliphatic carbocycles. The van der Waals surface area contributed by atoms with Crippen molar-refractivity contribution in [2.45, 2.75) is 49.8 Å². The Morgan fingerprint density at radius 2 is 1.82 bits per heavy atom. The van der Waals surface area contributed by atoms with E-state index >= 15 is 0 Å². The Hall–Kier alpha value is -3.03. The second-order valence-corrected chi connectivity index (χ2v) is 9.39. The van der Waals surface area contributed by atoms with Crippen LogP contribution >= 0.6 is 0 Å². The first-order valence-corrected chi connectivity index (χ1v) is 11.1. The number of alkyl halides is 5. The topological polar surface area (TPSA) is 22.1 Å². The second kappa shape index (κ2) is 7.23. The maximum Gasteiger partial charge on any atom is 0.416 e. The standard InChI is InChI=1S/C26H19F6NO/c27-23-9-22-18(19(10-25(22,28)29)16-3-1-2-4-21(16)26(30,31)32)7-15(23)12-34-24-8-14-5-13-6-17(13)20(14)11-33-24/h1-4,7-9,11,13,17,19H,5-6,10,12H2/t13-,17+,19?/m0/s1. The highest BCUT2D eigenvalue weighted by atomic mass is 19.4. The number of ether oxygens (including phenoxy) is 1. The van der Waals surface area contributed by atoms with Crippen molar-refractivity contribution in [1.82, 2.24) is 4.98 Å². The minimum atomic E-state index is -4.69. The Labute approximate surface area is 191 Å². The molecule has 0 saturated heterocycles. The predicted molar refractivity (Wildman–Crippen MR) is 111 cm³/mol. The fraction of sp³-hybridized carbons (Fsp3) is 0.346. The van der Waals surface area contributed by atoms with Gasteiger partial charge in [-0.15, -0.1) is 0 Å². The van der Waals surface area contributed by atoms with Gasteiger partial charge >= 0.3 is 6.18 Å². The van der Waals surface area contributed by atoms with Gasteiger partial charge in [-0.2, -0.15) is 13.2 Å². The van der Waals surface area contributed by atoms with E-state index < -0.39 is 41.4 Å². The summed E-state index contributed by atoms with van der Waals surface area (Å²) in [4.78, 5) is 4.28. The number of aromatic nitrogens is 1. The van der Waals surface area contributed by atoms with Crippen molar-refractivity contribution in [2.24, 2.45) is 5.92 Å². The molecule has 34 heavy (non-hydrogen) atoms. The SMILES string of the molecule is Fc1cc2c(cc1COc1cc3c(cn1)[C@@H]1C[C@@H]1C3)C(c1ccccc1C(F)(F)F)CC2(F)F. The van der Waals surface area contributed by atoms with Gasteiger partial charge in [0.2, 0.25) is 5.88 Å². The van der Waals surface area contributed by atoms with Crippen LogP contribution in [-0.4, -0.2) is 4.98 Å². The highest BCUT2D eigenvalue weighted by Gasteiger charge is 2.48. The van der Waals surface area contributed by atoms with Gasteiger partial charge in [-0.1, -0.05) is 18.2 Å². The van der Waals surface area contributed by atoms with Crippen molar-refractivity contribution in [2.75, 3.05) is 0 Å². The van der Waals surface area contributed by atoms with E-state index in [0.717, 1.165) is 24.1 Å². The van der Waals surface area contributed by atoms with E-state index in [9.17, 15) is 26.3 Å². The molecule has 176 valence electrons. The molecule has 1 heterocycles. The van der Waals surface area contributed by atoms with Crippen molar-refractivity contribution >= 4 is 0 Å². The van der Waals surface area contributed by atoms with Crippen LogP contribution in [0.1, 0.15) is 63.6 Å². The molecule has 1 fully saturated rings. The molecular weight excluding hydrogens is 456 g/mol. The van der Waals surface area contributed by atoms with Crippen molar-refractivity contribution in [3.05, 3.63) is 93.4 Å². The first-order chi connectivity index (χ1) is 16.1. The molecule has 0 aliphatic heterocycles. The Morgan fingerprint density at radius 1 is 1.03 bits per heavy atom. The van der Waals surface area contributed by atoms with Crippen LogP contribution in [0.5, 0.6) is 5.88 Å². The number of benzene rings is 2. The molecule has 3 atom stereocenters. The third-order valence-corrected chi connectivity index (χ3v) is 7.27. The first kappa shape index (κ1) is 21.5. The second-order valence-electron chi connectivity index (χ2n) is 9.39. The van der Waals surface area contributed by atoms with Gasteiger partial charge in [0.15, 0.2) is 0 Å². The van der Waals surface area contributed by atoms with E-state index in [1.54, 1.807) is 6.20 Å². The molecule has 0 spiro atoms. The number of halogens is 6. The van der Waals surface area contributed by atoms with Gasteiger partial charge in [0.25, 0.3) is 5.92 Å². The quantitative estimate of drug-likeness (QED) is 0.376. The number of fused-ring (bicyclic) bond motifs is 4. The minimum Gasteiger partial charge on any atom is -0.473 e. The largest absolute Gasteiger partial charge is 0.473 e. The molecule has 8 heteroatoms. The Morgan fingerprint density at radius 3 is 2.62 bits per heavy atom. The van der Waals surface area contributed by atoms with Crippen LogP contribution in [-0.2, 0) is 25.1 Å². The molecule has 1 unspecified atom stereocenters. The van der Waals surface area contributed by atoms with E-state index in [1.807, 2.05) is 6.07 Å². The molecule has 0 radical (unpaired) electrons. The summed E-state index contributed by atoms with van der Waals surface area (Å²) in [5, 5.41) is 0. The zero-order valence-corrected chi connectivity index (χ0v) is 17.8. The maximum absolute atomic E-state index is 14.8.